The molecule has 0 atom stereocenters. The van der Waals surface area contributed by atoms with E-state index in [0.717, 1.165) is 64.9 Å². The van der Waals surface area contributed by atoms with Crippen molar-refractivity contribution in [1.82, 2.24) is 5.32 Å². The fraction of sp³-hybridized carbons (Fsp3) is 0.625. The minimum atomic E-state index is -0.0884. The van der Waals surface area contributed by atoms with Crippen LogP contribution in [-0.4, -0.2) is 18.4 Å². The summed E-state index contributed by atoms with van der Waals surface area (Å²) in [6.45, 7) is 4.40. The van der Waals surface area contributed by atoms with E-state index in [1.54, 1.807) is 7.11 Å². The van der Waals surface area contributed by atoms with Gasteiger partial charge in [0.1, 0.15) is 5.75 Å². The molecule has 1 aromatic rings. The second kappa shape index (κ2) is 6.35. The van der Waals surface area contributed by atoms with Gasteiger partial charge in [0, 0.05) is 28.3 Å². The van der Waals surface area contributed by atoms with Crippen molar-refractivity contribution < 1.29 is 9.53 Å². The molecule has 4 bridgehead atoms. The van der Waals surface area contributed by atoms with Crippen LogP contribution in [0.15, 0.2) is 22.7 Å². The number of ketones is 1. The molecule has 4 fully saturated rings. The molecule has 4 saturated carbocycles. The second-order valence-corrected chi connectivity index (χ2v) is 11.3. The van der Waals surface area contributed by atoms with Gasteiger partial charge >= 0.3 is 0 Å². The molecule has 5 aliphatic rings. The molecular formula is C24H30BrNO2. The number of nitrogens with one attached hydrogen (secondary N) is 1. The molecule has 4 heteroatoms. The lowest BCUT2D eigenvalue weighted by Crippen LogP contribution is -2.50. The molecule has 0 aromatic heterocycles. The van der Waals surface area contributed by atoms with Gasteiger partial charge in [-0.15, -0.1) is 0 Å². The Kier molecular flexibility index (Phi) is 4.25. The van der Waals surface area contributed by atoms with Crippen LogP contribution in [0.5, 0.6) is 5.75 Å². The zero-order chi connectivity index (χ0) is 19.7. The van der Waals surface area contributed by atoms with Crippen molar-refractivity contribution in [2.75, 3.05) is 7.11 Å². The highest BCUT2D eigenvalue weighted by molar-refractivity contribution is 9.10. The molecule has 0 spiro atoms. The van der Waals surface area contributed by atoms with Gasteiger partial charge in [0.05, 0.1) is 11.6 Å². The Morgan fingerprint density at radius 1 is 1.14 bits per heavy atom. The molecule has 1 aliphatic heterocycles. The first-order valence-electron chi connectivity index (χ1n) is 10.7. The first kappa shape index (κ1) is 18.7. The predicted octanol–water partition coefficient (Wildman–Crippen LogP) is 5.51. The molecule has 0 amide bonds. The average Bonchev–Trinajstić information content (AvgIpc) is 2.60. The quantitative estimate of drug-likeness (QED) is 0.625. The van der Waals surface area contributed by atoms with Gasteiger partial charge in [-0.3, -0.25) is 4.79 Å². The van der Waals surface area contributed by atoms with Crippen LogP contribution in [0, 0.1) is 23.2 Å². The van der Waals surface area contributed by atoms with Crippen molar-refractivity contribution in [2.24, 2.45) is 23.2 Å². The Morgan fingerprint density at radius 2 is 1.75 bits per heavy atom. The summed E-state index contributed by atoms with van der Waals surface area (Å²) in [5.74, 6) is 3.58. The largest absolute Gasteiger partial charge is 0.496 e. The summed E-state index contributed by atoms with van der Waals surface area (Å²) in [6.07, 6.45) is 10.3. The van der Waals surface area contributed by atoms with Gasteiger partial charge in [0.2, 0.25) is 0 Å². The van der Waals surface area contributed by atoms with Crippen LogP contribution in [0.25, 0.3) is 5.70 Å². The van der Waals surface area contributed by atoms with Gasteiger partial charge in [-0.1, -0.05) is 0 Å². The number of hydrogen-bond donors (Lipinski definition) is 1. The van der Waals surface area contributed by atoms with Crippen LogP contribution in [-0.2, 0) is 11.2 Å². The fourth-order valence-electron chi connectivity index (χ4n) is 6.91. The number of hydrogen-bond acceptors (Lipinski definition) is 3. The molecule has 0 radical (unpaired) electrons. The zero-order valence-corrected chi connectivity index (χ0v) is 18.7. The van der Waals surface area contributed by atoms with E-state index in [-0.39, 0.29) is 11.0 Å². The van der Waals surface area contributed by atoms with E-state index >= 15 is 0 Å². The lowest BCUT2D eigenvalue weighted by Gasteiger charge is -2.55. The van der Waals surface area contributed by atoms with Crippen LogP contribution >= 0.6 is 15.9 Å². The zero-order valence-electron chi connectivity index (χ0n) is 17.1. The average molecular weight is 444 g/mol. The van der Waals surface area contributed by atoms with Crippen LogP contribution in [0.3, 0.4) is 0 Å². The Labute approximate surface area is 176 Å². The van der Waals surface area contributed by atoms with Crippen molar-refractivity contribution in [3.05, 3.63) is 33.8 Å². The summed E-state index contributed by atoms with van der Waals surface area (Å²) in [4.78, 5) is 13.6. The first-order valence-corrected chi connectivity index (χ1v) is 11.5. The normalized spacial score (nSPS) is 36.1. The molecule has 0 saturated heterocycles. The number of benzene rings is 1. The number of allylic oxidation sites excluding steroid dienone is 1. The Hall–Kier alpha value is -1.29. The van der Waals surface area contributed by atoms with Gasteiger partial charge in [-0.25, -0.2) is 0 Å². The fourth-order valence-corrected chi connectivity index (χ4v) is 7.42. The van der Waals surface area contributed by atoms with Gasteiger partial charge < -0.3 is 10.1 Å². The van der Waals surface area contributed by atoms with Crippen LogP contribution in [0.1, 0.15) is 63.5 Å². The maximum absolute atomic E-state index is 13.6. The molecule has 28 heavy (non-hydrogen) atoms. The molecule has 1 N–H and O–H groups in total. The van der Waals surface area contributed by atoms with Gasteiger partial charge in [0.15, 0.2) is 5.78 Å². The minimum Gasteiger partial charge on any atom is -0.496 e. The van der Waals surface area contributed by atoms with Crippen LogP contribution < -0.4 is 10.1 Å². The number of halogens is 1. The van der Waals surface area contributed by atoms with Crippen LogP contribution in [0.4, 0.5) is 0 Å². The lowest BCUT2D eigenvalue weighted by molar-refractivity contribution is -0.138. The van der Waals surface area contributed by atoms with Gasteiger partial charge in [0.25, 0.3) is 0 Å². The predicted molar refractivity (Wildman–Crippen MR) is 115 cm³/mol. The topological polar surface area (TPSA) is 38.3 Å². The third kappa shape index (κ3) is 3.03. The van der Waals surface area contributed by atoms with Crippen molar-refractivity contribution in [3.63, 3.8) is 0 Å². The van der Waals surface area contributed by atoms with Crippen LogP contribution in [0.2, 0.25) is 0 Å². The molecule has 3 nitrogen and oxygen atoms in total. The highest BCUT2D eigenvalue weighted by Gasteiger charge is 2.54. The Morgan fingerprint density at radius 3 is 2.32 bits per heavy atom. The second-order valence-electron chi connectivity index (χ2n) is 10.4. The van der Waals surface area contributed by atoms with Crippen molar-refractivity contribution >= 4 is 27.4 Å². The number of fused-ring (bicyclic) bond motifs is 1. The van der Waals surface area contributed by atoms with E-state index in [1.165, 1.54) is 24.8 Å². The summed E-state index contributed by atoms with van der Waals surface area (Å²) in [7, 11) is 1.70. The summed E-state index contributed by atoms with van der Waals surface area (Å²) >= 11 is 3.62. The Balaban J connectivity index is 1.53. The molecular weight excluding hydrogens is 414 g/mol. The first-order chi connectivity index (χ1) is 13.3. The van der Waals surface area contributed by atoms with Crippen molar-refractivity contribution in [2.45, 2.75) is 64.3 Å². The summed E-state index contributed by atoms with van der Waals surface area (Å²) in [6, 6.07) is 4.22. The third-order valence-electron chi connectivity index (χ3n) is 7.61. The summed E-state index contributed by atoms with van der Waals surface area (Å²) < 4.78 is 6.44. The maximum Gasteiger partial charge on any atom is 0.163 e. The van der Waals surface area contributed by atoms with Crippen molar-refractivity contribution in [1.29, 1.82) is 0 Å². The number of carbonyl (C=O) groups excluding carboxylic acids is 1. The summed E-state index contributed by atoms with van der Waals surface area (Å²) in [5, 5.41) is 3.66. The number of methoxy groups -OCH3 is 1. The van der Waals surface area contributed by atoms with E-state index in [4.69, 9.17) is 4.74 Å². The van der Waals surface area contributed by atoms with Crippen molar-refractivity contribution in [3.8, 4) is 5.75 Å². The number of ether oxygens (including phenoxy) is 1. The lowest BCUT2D eigenvalue weighted by atomic mass is 9.48. The van der Waals surface area contributed by atoms with E-state index in [2.05, 4.69) is 47.2 Å². The van der Waals surface area contributed by atoms with E-state index < -0.39 is 0 Å². The molecule has 4 aliphatic carbocycles. The summed E-state index contributed by atoms with van der Waals surface area (Å²) in [5.41, 5.74) is 3.18. The Bertz CT molecular complexity index is 834. The molecule has 6 rings (SSSR count). The molecule has 0 unspecified atom stereocenters. The third-order valence-corrected chi connectivity index (χ3v) is 8.23. The number of rotatable bonds is 3. The van der Waals surface area contributed by atoms with Gasteiger partial charge in [-0.2, -0.15) is 0 Å². The monoisotopic (exact) mass is 443 g/mol. The van der Waals surface area contributed by atoms with E-state index in [9.17, 15) is 4.79 Å². The molecule has 1 heterocycles. The standard InChI is InChI=1S/C24H30BrNO2/c1-23(2)13-17-7-21(28-3)19(25)8-18(17)20(26-23)9-22(27)24-10-14-4-15(11-24)6-16(5-14)12-24/h7-9,14-16,26H,4-6,10-13H2,1-3H3/b20-9-. The number of carbonyl (C=O) groups is 1. The maximum atomic E-state index is 13.6. The highest BCUT2D eigenvalue weighted by Crippen LogP contribution is 2.60. The SMILES string of the molecule is COc1cc2c(cc1Br)/C(=C/C(=O)C13CC4CC(CC(C4)C1)C3)NC(C)(C)C2. The van der Waals surface area contributed by atoms with E-state index in [1.807, 2.05) is 6.08 Å². The van der Waals surface area contributed by atoms with Gasteiger partial charge in [-0.05, 0) is 110 Å². The van der Waals surface area contributed by atoms with E-state index in [0.29, 0.717) is 5.78 Å². The smallest absolute Gasteiger partial charge is 0.163 e. The highest BCUT2D eigenvalue weighted by atomic mass is 79.9. The molecule has 1 aromatic carbocycles. The molecule has 150 valence electrons. The minimum absolute atomic E-state index is 0.0839.